The second-order valence-corrected chi connectivity index (χ2v) is 6.33. The van der Waals surface area contributed by atoms with Crippen LogP contribution in [0, 0.1) is 0 Å². The standard InChI is InChI=1S/C16H28N6O3/c1-11(2)14-20-13(25-21-14)5-8-18-15(17-3)19-12-6-9-22(10-7-12)16(23)24-4/h11-12H,5-10H2,1-4H3,(H2,17,18,19). The summed E-state index contributed by atoms with van der Waals surface area (Å²) in [6.45, 7) is 6.08. The van der Waals surface area contributed by atoms with Crippen molar-refractivity contribution >= 4 is 12.1 Å². The highest BCUT2D eigenvalue weighted by molar-refractivity contribution is 5.80. The Labute approximate surface area is 148 Å². The topological polar surface area (TPSA) is 105 Å². The number of amides is 1. The third-order valence-electron chi connectivity index (χ3n) is 4.12. The Morgan fingerprint density at radius 3 is 2.72 bits per heavy atom. The van der Waals surface area contributed by atoms with E-state index in [0.29, 0.717) is 31.9 Å². The van der Waals surface area contributed by atoms with E-state index >= 15 is 0 Å². The van der Waals surface area contributed by atoms with Crippen molar-refractivity contribution in [3.8, 4) is 0 Å². The Balaban J connectivity index is 1.71. The molecule has 9 nitrogen and oxygen atoms in total. The summed E-state index contributed by atoms with van der Waals surface area (Å²) in [5, 5.41) is 10.6. The van der Waals surface area contributed by atoms with E-state index in [2.05, 4.69) is 25.8 Å². The molecule has 0 saturated carbocycles. The maximum Gasteiger partial charge on any atom is 0.409 e. The second-order valence-electron chi connectivity index (χ2n) is 6.33. The van der Waals surface area contributed by atoms with E-state index < -0.39 is 0 Å². The minimum Gasteiger partial charge on any atom is -0.453 e. The van der Waals surface area contributed by atoms with Crippen molar-refractivity contribution in [2.24, 2.45) is 4.99 Å². The Kier molecular flexibility index (Phi) is 7.03. The number of hydrogen-bond acceptors (Lipinski definition) is 6. The number of hydrogen-bond donors (Lipinski definition) is 2. The first-order valence-corrected chi connectivity index (χ1v) is 8.66. The minimum atomic E-state index is -0.263. The number of likely N-dealkylation sites (tertiary alicyclic amines) is 1. The number of guanidine groups is 1. The van der Waals surface area contributed by atoms with Gasteiger partial charge in [-0.25, -0.2) is 4.79 Å². The lowest BCUT2D eigenvalue weighted by molar-refractivity contribution is 0.111. The van der Waals surface area contributed by atoms with Crippen LogP contribution in [-0.4, -0.2) is 66.9 Å². The third kappa shape index (κ3) is 5.61. The average Bonchev–Trinajstić information content (AvgIpc) is 3.10. The summed E-state index contributed by atoms with van der Waals surface area (Å²) in [5.74, 6) is 2.35. The van der Waals surface area contributed by atoms with Gasteiger partial charge in [0.25, 0.3) is 0 Å². The Bertz CT molecular complexity index is 578. The van der Waals surface area contributed by atoms with E-state index in [9.17, 15) is 4.79 Å². The molecule has 0 spiro atoms. The van der Waals surface area contributed by atoms with Crippen LogP contribution >= 0.6 is 0 Å². The minimum absolute atomic E-state index is 0.260. The number of nitrogens with one attached hydrogen (secondary N) is 2. The van der Waals surface area contributed by atoms with Crippen LogP contribution in [0.1, 0.15) is 44.3 Å². The van der Waals surface area contributed by atoms with Gasteiger partial charge in [-0.1, -0.05) is 19.0 Å². The van der Waals surface area contributed by atoms with Crippen molar-refractivity contribution in [1.82, 2.24) is 25.7 Å². The zero-order valence-corrected chi connectivity index (χ0v) is 15.4. The molecule has 2 N–H and O–H groups in total. The molecule has 1 amide bonds. The largest absolute Gasteiger partial charge is 0.453 e. The molecule has 0 atom stereocenters. The van der Waals surface area contributed by atoms with Crippen LogP contribution in [0.25, 0.3) is 0 Å². The first-order valence-electron chi connectivity index (χ1n) is 8.66. The summed E-state index contributed by atoms with van der Waals surface area (Å²) < 4.78 is 9.97. The molecule has 140 valence electrons. The van der Waals surface area contributed by atoms with Gasteiger partial charge in [0.15, 0.2) is 11.8 Å². The van der Waals surface area contributed by atoms with Gasteiger partial charge in [-0.05, 0) is 12.8 Å². The van der Waals surface area contributed by atoms with Gasteiger partial charge in [0, 0.05) is 45.1 Å². The molecule has 0 aliphatic carbocycles. The Morgan fingerprint density at radius 2 is 2.16 bits per heavy atom. The molecule has 0 radical (unpaired) electrons. The fourth-order valence-corrected chi connectivity index (χ4v) is 2.62. The van der Waals surface area contributed by atoms with E-state index in [0.717, 1.165) is 24.6 Å². The molecule has 0 aromatic carbocycles. The van der Waals surface area contributed by atoms with E-state index in [1.807, 2.05) is 13.8 Å². The summed E-state index contributed by atoms with van der Waals surface area (Å²) in [4.78, 5) is 21.8. The highest BCUT2D eigenvalue weighted by Crippen LogP contribution is 2.11. The van der Waals surface area contributed by atoms with Gasteiger partial charge < -0.3 is 24.8 Å². The number of aromatic nitrogens is 2. The molecule has 0 bridgehead atoms. The van der Waals surface area contributed by atoms with E-state index in [1.165, 1.54) is 7.11 Å². The van der Waals surface area contributed by atoms with Crippen LogP contribution < -0.4 is 10.6 Å². The van der Waals surface area contributed by atoms with Gasteiger partial charge in [-0.2, -0.15) is 4.98 Å². The smallest absolute Gasteiger partial charge is 0.409 e. The molecule has 1 fully saturated rings. The summed E-state index contributed by atoms with van der Waals surface area (Å²) in [5.41, 5.74) is 0. The quantitative estimate of drug-likeness (QED) is 0.604. The van der Waals surface area contributed by atoms with Crippen LogP contribution in [0.5, 0.6) is 0 Å². The molecule has 1 aliphatic rings. The molecular weight excluding hydrogens is 324 g/mol. The number of rotatable bonds is 5. The first kappa shape index (κ1) is 19.0. The molecule has 25 heavy (non-hydrogen) atoms. The van der Waals surface area contributed by atoms with Crippen LogP contribution in [-0.2, 0) is 11.2 Å². The zero-order valence-electron chi connectivity index (χ0n) is 15.4. The summed E-state index contributed by atoms with van der Waals surface area (Å²) in [7, 11) is 3.15. The van der Waals surface area contributed by atoms with Crippen molar-refractivity contribution in [2.45, 2.75) is 45.1 Å². The fourth-order valence-electron chi connectivity index (χ4n) is 2.62. The van der Waals surface area contributed by atoms with Crippen molar-refractivity contribution in [3.63, 3.8) is 0 Å². The summed E-state index contributed by atoms with van der Waals surface area (Å²) in [6, 6.07) is 0.281. The fraction of sp³-hybridized carbons (Fsp3) is 0.750. The summed E-state index contributed by atoms with van der Waals surface area (Å²) >= 11 is 0. The maximum absolute atomic E-state index is 11.5. The molecule has 1 saturated heterocycles. The average molecular weight is 352 g/mol. The van der Waals surface area contributed by atoms with Crippen LogP contribution in [0.3, 0.4) is 0 Å². The highest BCUT2D eigenvalue weighted by atomic mass is 16.5. The lowest BCUT2D eigenvalue weighted by Gasteiger charge is -2.32. The van der Waals surface area contributed by atoms with Gasteiger partial charge in [-0.3, -0.25) is 4.99 Å². The normalized spacial score (nSPS) is 16.2. The molecule has 0 unspecified atom stereocenters. The monoisotopic (exact) mass is 352 g/mol. The number of nitrogens with zero attached hydrogens (tertiary/aromatic N) is 4. The van der Waals surface area contributed by atoms with Gasteiger partial charge in [0.05, 0.1) is 7.11 Å². The number of methoxy groups -OCH3 is 1. The maximum atomic E-state index is 11.5. The zero-order chi connectivity index (χ0) is 18.2. The lowest BCUT2D eigenvalue weighted by atomic mass is 10.1. The Hall–Kier alpha value is -2.32. The summed E-state index contributed by atoms with van der Waals surface area (Å²) in [6.07, 6.45) is 2.09. The molecule has 1 aromatic heterocycles. The number of carbonyl (C=O) groups is 1. The molecule has 9 heteroatoms. The van der Waals surface area contributed by atoms with Crippen molar-refractivity contribution in [2.75, 3.05) is 33.8 Å². The van der Waals surface area contributed by atoms with Gasteiger partial charge in [0.2, 0.25) is 5.89 Å². The van der Waals surface area contributed by atoms with Gasteiger partial charge >= 0.3 is 6.09 Å². The van der Waals surface area contributed by atoms with Crippen molar-refractivity contribution < 1.29 is 14.1 Å². The second kappa shape index (κ2) is 9.24. The van der Waals surface area contributed by atoms with Crippen molar-refractivity contribution in [3.05, 3.63) is 11.7 Å². The van der Waals surface area contributed by atoms with E-state index in [1.54, 1.807) is 11.9 Å². The molecule has 1 aromatic rings. The predicted octanol–water partition coefficient (Wildman–Crippen LogP) is 1.13. The lowest BCUT2D eigenvalue weighted by Crippen LogP contribution is -2.50. The molecular formula is C16H28N6O3. The van der Waals surface area contributed by atoms with Gasteiger partial charge in [0.1, 0.15) is 0 Å². The number of carbonyl (C=O) groups excluding carboxylic acids is 1. The molecule has 1 aliphatic heterocycles. The predicted molar refractivity (Wildman–Crippen MR) is 93.6 cm³/mol. The molecule has 2 heterocycles. The van der Waals surface area contributed by atoms with Crippen molar-refractivity contribution in [1.29, 1.82) is 0 Å². The third-order valence-corrected chi connectivity index (χ3v) is 4.12. The van der Waals surface area contributed by atoms with Crippen LogP contribution in [0.4, 0.5) is 4.79 Å². The van der Waals surface area contributed by atoms with Crippen LogP contribution in [0.2, 0.25) is 0 Å². The van der Waals surface area contributed by atoms with Gasteiger partial charge in [-0.15, -0.1) is 0 Å². The number of aliphatic imine (C=N–C) groups is 1. The van der Waals surface area contributed by atoms with E-state index in [4.69, 9.17) is 9.26 Å². The highest BCUT2D eigenvalue weighted by Gasteiger charge is 2.23. The van der Waals surface area contributed by atoms with E-state index in [-0.39, 0.29) is 18.1 Å². The number of ether oxygens (including phenoxy) is 1. The SMILES string of the molecule is CN=C(NCCc1nc(C(C)C)no1)NC1CCN(C(=O)OC)CC1. The number of piperidine rings is 1. The molecule has 2 rings (SSSR count). The Morgan fingerprint density at radius 1 is 1.44 bits per heavy atom. The van der Waals surface area contributed by atoms with Crippen LogP contribution in [0.15, 0.2) is 9.52 Å². The first-order chi connectivity index (χ1) is 12.0.